The highest BCUT2D eigenvalue weighted by atomic mass is 16.6. The van der Waals surface area contributed by atoms with E-state index in [1.54, 1.807) is 24.3 Å². The van der Waals surface area contributed by atoms with Gasteiger partial charge in [0.2, 0.25) is 11.8 Å². The lowest BCUT2D eigenvalue weighted by molar-refractivity contribution is -0.136. The molecule has 0 saturated carbocycles. The standard InChI is InChI=1S/C28H31N3O10/c32-23-8-7-22(25(33)30-23)31-26(34)20-5-2-6-21(24(20)27(31)35)29-9-10-38-11-12-39-13-14-40-15-16-41-19-4-1-3-18(17-19)28(36)37/h1-6,17,22,29H,7-16H2,(H,36,37)(H,30,32,33). The quantitative estimate of drug-likeness (QED) is 0.197. The Kier molecular flexibility index (Phi) is 10.4. The molecule has 1 unspecified atom stereocenters. The summed E-state index contributed by atoms with van der Waals surface area (Å²) in [5.74, 6) is -2.76. The van der Waals surface area contributed by atoms with Crippen molar-refractivity contribution in [3.05, 3.63) is 59.2 Å². The van der Waals surface area contributed by atoms with Crippen molar-refractivity contribution in [3.63, 3.8) is 0 Å². The van der Waals surface area contributed by atoms with Crippen LogP contribution in [0.2, 0.25) is 0 Å². The van der Waals surface area contributed by atoms with E-state index in [1.807, 2.05) is 0 Å². The monoisotopic (exact) mass is 569 g/mol. The topological polar surface area (TPSA) is 170 Å². The summed E-state index contributed by atoms with van der Waals surface area (Å²) in [4.78, 5) is 61.6. The second-order valence-electron chi connectivity index (χ2n) is 9.12. The van der Waals surface area contributed by atoms with E-state index in [4.69, 9.17) is 24.1 Å². The number of carbonyl (C=O) groups is 5. The number of aromatic carboxylic acids is 1. The van der Waals surface area contributed by atoms with E-state index in [0.29, 0.717) is 57.6 Å². The summed E-state index contributed by atoms with van der Waals surface area (Å²) >= 11 is 0. The molecule has 3 N–H and O–H groups in total. The number of ether oxygens (including phenoxy) is 4. The molecule has 0 aliphatic carbocycles. The Balaban J connectivity index is 1.07. The van der Waals surface area contributed by atoms with Crippen LogP contribution in [0.3, 0.4) is 0 Å². The number of carboxylic acids is 1. The van der Waals surface area contributed by atoms with Gasteiger partial charge in [0.1, 0.15) is 18.4 Å². The molecule has 2 heterocycles. The van der Waals surface area contributed by atoms with Gasteiger partial charge in [-0.15, -0.1) is 0 Å². The average molecular weight is 570 g/mol. The lowest BCUT2D eigenvalue weighted by Crippen LogP contribution is -2.54. The number of imide groups is 2. The molecule has 1 fully saturated rings. The first kappa shape index (κ1) is 29.6. The number of hydrogen-bond donors (Lipinski definition) is 3. The molecule has 218 valence electrons. The van der Waals surface area contributed by atoms with Crippen LogP contribution in [0.1, 0.15) is 43.9 Å². The van der Waals surface area contributed by atoms with E-state index < -0.39 is 35.6 Å². The number of nitrogens with one attached hydrogen (secondary N) is 2. The number of benzene rings is 2. The van der Waals surface area contributed by atoms with Crippen molar-refractivity contribution in [2.24, 2.45) is 0 Å². The van der Waals surface area contributed by atoms with E-state index in [2.05, 4.69) is 10.6 Å². The van der Waals surface area contributed by atoms with Gasteiger partial charge in [-0.25, -0.2) is 4.79 Å². The summed E-state index contributed by atoms with van der Waals surface area (Å²) in [6.07, 6.45) is 0.158. The number of nitrogens with zero attached hydrogens (tertiary/aromatic N) is 1. The number of rotatable bonds is 16. The maximum absolute atomic E-state index is 13.1. The SMILES string of the molecule is O=C1CCC(N2C(=O)c3cccc(NCCOCCOCCOCCOc4cccc(C(=O)O)c4)c3C2=O)C(=O)N1. The summed E-state index contributed by atoms with van der Waals surface area (Å²) in [5, 5.41) is 14.3. The second kappa shape index (κ2) is 14.3. The fourth-order valence-electron chi connectivity index (χ4n) is 4.40. The van der Waals surface area contributed by atoms with Crippen LogP contribution < -0.4 is 15.4 Å². The molecule has 0 bridgehead atoms. The van der Waals surface area contributed by atoms with Crippen molar-refractivity contribution >= 4 is 35.3 Å². The summed E-state index contributed by atoms with van der Waals surface area (Å²) in [5.41, 5.74) is 1.03. The number of fused-ring (bicyclic) bond motifs is 1. The van der Waals surface area contributed by atoms with Crippen LogP contribution in [-0.4, -0.2) is 98.4 Å². The zero-order valence-electron chi connectivity index (χ0n) is 22.3. The van der Waals surface area contributed by atoms with Gasteiger partial charge in [0.05, 0.1) is 56.3 Å². The molecule has 2 aliphatic heterocycles. The molecule has 13 nitrogen and oxygen atoms in total. The number of piperidine rings is 1. The molecule has 0 aromatic heterocycles. The molecule has 0 spiro atoms. The van der Waals surface area contributed by atoms with Crippen molar-refractivity contribution in [2.75, 3.05) is 58.1 Å². The smallest absolute Gasteiger partial charge is 0.335 e. The van der Waals surface area contributed by atoms with Crippen molar-refractivity contribution in [2.45, 2.75) is 18.9 Å². The van der Waals surface area contributed by atoms with Gasteiger partial charge in [0.25, 0.3) is 11.8 Å². The lowest BCUT2D eigenvalue weighted by atomic mass is 10.0. The maximum Gasteiger partial charge on any atom is 0.335 e. The number of carbonyl (C=O) groups excluding carboxylic acids is 4. The van der Waals surface area contributed by atoms with Gasteiger partial charge in [-0.05, 0) is 36.8 Å². The highest BCUT2D eigenvalue weighted by Gasteiger charge is 2.45. The van der Waals surface area contributed by atoms with Crippen LogP contribution >= 0.6 is 0 Å². The van der Waals surface area contributed by atoms with E-state index >= 15 is 0 Å². The summed E-state index contributed by atoms with van der Waals surface area (Å²) < 4.78 is 21.9. The normalized spacial score (nSPS) is 16.5. The van der Waals surface area contributed by atoms with E-state index in [9.17, 15) is 24.0 Å². The molecule has 41 heavy (non-hydrogen) atoms. The molecule has 4 amide bonds. The summed E-state index contributed by atoms with van der Waals surface area (Å²) in [7, 11) is 0. The fraction of sp³-hybridized carbons (Fsp3) is 0.393. The van der Waals surface area contributed by atoms with E-state index in [-0.39, 0.29) is 36.1 Å². The Hall–Kier alpha value is -4.33. The van der Waals surface area contributed by atoms with Crippen LogP contribution in [0.4, 0.5) is 5.69 Å². The second-order valence-corrected chi connectivity index (χ2v) is 9.12. The molecular formula is C28H31N3O10. The third-order valence-electron chi connectivity index (χ3n) is 6.35. The van der Waals surface area contributed by atoms with Crippen LogP contribution in [0.5, 0.6) is 5.75 Å². The predicted molar refractivity (Wildman–Crippen MR) is 143 cm³/mol. The minimum atomic E-state index is -1.02. The number of hydrogen-bond acceptors (Lipinski definition) is 10. The van der Waals surface area contributed by atoms with E-state index in [1.165, 1.54) is 18.2 Å². The molecule has 2 aromatic rings. The van der Waals surface area contributed by atoms with Gasteiger partial charge in [0, 0.05) is 18.7 Å². The Morgan fingerprint density at radius 2 is 1.59 bits per heavy atom. The molecule has 1 atom stereocenters. The maximum atomic E-state index is 13.1. The Morgan fingerprint density at radius 3 is 2.29 bits per heavy atom. The highest BCUT2D eigenvalue weighted by Crippen LogP contribution is 2.32. The van der Waals surface area contributed by atoms with Crippen molar-refractivity contribution in [1.82, 2.24) is 10.2 Å². The van der Waals surface area contributed by atoms with Crippen LogP contribution in [0.15, 0.2) is 42.5 Å². The number of carboxylic acid groups (broad SMARTS) is 1. The molecule has 4 rings (SSSR count). The molecule has 13 heteroatoms. The van der Waals surface area contributed by atoms with Crippen molar-refractivity contribution in [1.29, 1.82) is 0 Å². The minimum absolute atomic E-state index is 0.0604. The molecule has 1 saturated heterocycles. The zero-order valence-corrected chi connectivity index (χ0v) is 22.3. The third-order valence-corrected chi connectivity index (χ3v) is 6.35. The fourth-order valence-corrected chi connectivity index (χ4v) is 4.40. The lowest BCUT2D eigenvalue weighted by Gasteiger charge is -2.27. The predicted octanol–water partition coefficient (Wildman–Crippen LogP) is 1.33. The van der Waals surface area contributed by atoms with E-state index in [0.717, 1.165) is 4.90 Å². The van der Waals surface area contributed by atoms with Gasteiger partial charge in [0.15, 0.2) is 0 Å². The number of amides is 4. The third kappa shape index (κ3) is 7.66. The van der Waals surface area contributed by atoms with Crippen molar-refractivity contribution in [3.8, 4) is 5.75 Å². The Bertz CT molecular complexity index is 1300. The zero-order chi connectivity index (χ0) is 29.2. The summed E-state index contributed by atoms with van der Waals surface area (Å²) in [6.45, 7) is 2.73. The molecule has 2 aliphatic rings. The van der Waals surface area contributed by atoms with Gasteiger partial charge in [-0.1, -0.05) is 12.1 Å². The van der Waals surface area contributed by atoms with Crippen LogP contribution in [0.25, 0.3) is 0 Å². The van der Waals surface area contributed by atoms with Gasteiger partial charge in [-0.3, -0.25) is 29.4 Å². The largest absolute Gasteiger partial charge is 0.491 e. The summed E-state index contributed by atoms with van der Waals surface area (Å²) in [6, 6.07) is 10.1. The van der Waals surface area contributed by atoms with Gasteiger partial charge < -0.3 is 29.4 Å². The van der Waals surface area contributed by atoms with Crippen LogP contribution in [0, 0.1) is 0 Å². The minimum Gasteiger partial charge on any atom is -0.491 e. The Labute approximate surface area is 235 Å². The average Bonchev–Trinajstić information content (AvgIpc) is 3.21. The first-order chi connectivity index (χ1) is 19.9. The first-order valence-electron chi connectivity index (χ1n) is 13.1. The highest BCUT2D eigenvalue weighted by molar-refractivity contribution is 6.25. The molecular weight excluding hydrogens is 538 g/mol. The van der Waals surface area contributed by atoms with Gasteiger partial charge >= 0.3 is 5.97 Å². The number of anilines is 1. The molecule has 0 radical (unpaired) electrons. The van der Waals surface area contributed by atoms with Crippen LogP contribution in [-0.2, 0) is 23.8 Å². The van der Waals surface area contributed by atoms with Crippen molar-refractivity contribution < 1.29 is 48.0 Å². The first-order valence-corrected chi connectivity index (χ1v) is 13.1. The Morgan fingerprint density at radius 1 is 0.902 bits per heavy atom. The van der Waals surface area contributed by atoms with Gasteiger partial charge in [-0.2, -0.15) is 0 Å². The molecule has 2 aromatic carbocycles.